The molecule has 1 heterocycles. The van der Waals surface area contributed by atoms with Crippen molar-refractivity contribution in [3.05, 3.63) is 29.3 Å². The molecule has 0 unspecified atom stereocenters. The van der Waals surface area contributed by atoms with Gasteiger partial charge in [0, 0.05) is 30.5 Å². The maximum atomic E-state index is 11.2. The molecule has 3 N–H and O–H groups in total. The van der Waals surface area contributed by atoms with Gasteiger partial charge < -0.3 is 15.8 Å². The van der Waals surface area contributed by atoms with Crippen LogP contribution >= 0.6 is 0 Å². The SMILES string of the molecule is Cc1c(NC2CCOCC2)cccc1C(N)=O. The minimum Gasteiger partial charge on any atom is -0.382 e. The van der Waals surface area contributed by atoms with Crippen molar-refractivity contribution in [1.29, 1.82) is 0 Å². The molecule has 2 rings (SSSR count). The Morgan fingerprint density at radius 2 is 2.12 bits per heavy atom. The molecule has 1 aromatic rings. The predicted octanol–water partition coefficient (Wildman–Crippen LogP) is 1.68. The Morgan fingerprint density at radius 1 is 1.41 bits per heavy atom. The Hall–Kier alpha value is -1.55. The number of amides is 1. The van der Waals surface area contributed by atoms with E-state index in [2.05, 4.69) is 5.32 Å². The second kappa shape index (κ2) is 5.19. The molecule has 92 valence electrons. The quantitative estimate of drug-likeness (QED) is 0.836. The summed E-state index contributed by atoms with van der Waals surface area (Å²) in [6, 6.07) is 6.02. The summed E-state index contributed by atoms with van der Waals surface area (Å²) in [5.74, 6) is -0.377. The van der Waals surface area contributed by atoms with Gasteiger partial charge in [-0.15, -0.1) is 0 Å². The standard InChI is InChI=1S/C13H18N2O2/c1-9-11(13(14)16)3-2-4-12(9)15-10-5-7-17-8-6-10/h2-4,10,15H,5-8H2,1H3,(H2,14,16). The van der Waals surface area contributed by atoms with Gasteiger partial charge in [-0.05, 0) is 37.5 Å². The van der Waals surface area contributed by atoms with Crippen LogP contribution in [0.2, 0.25) is 0 Å². The van der Waals surface area contributed by atoms with Gasteiger partial charge in [0.25, 0.3) is 0 Å². The van der Waals surface area contributed by atoms with E-state index in [4.69, 9.17) is 10.5 Å². The van der Waals surface area contributed by atoms with E-state index in [9.17, 15) is 4.79 Å². The molecule has 0 bridgehead atoms. The average Bonchev–Trinajstić information content (AvgIpc) is 2.33. The van der Waals surface area contributed by atoms with E-state index in [1.165, 1.54) is 0 Å². The zero-order chi connectivity index (χ0) is 12.3. The molecule has 0 saturated carbocycles. The third kappa shape index (κ3) is 2.77. The first-order valence-electron chi connectivity index (χ1n) is 5.92. The van der Waals surface area contributed by atoms with E-state index in [-0.39, 0.29) is 5.91 Å². The van der Waals surface area contributed by atoms with Gasteiger partial charge in [-0.3, -0.25) is 4.79 Å². The van der Waals surface area contributed by atoms with Gasteiger partial charge in [0.15, 0.2) is 0 Å². The summed E-state index contributed by atoms with van der Waals surface area (Å²) in [6.07, 6.45) is 2.00. The average molecular weight is 234 g/mol. The van der Waals surface area contributed by atoms with Gasteiger partial charge in [0.2, 0.25) is 5.91 Å². The minimum absolute atomic E-state index is 0.377. The van der Waals surface area contributed by atoms with E-state index in [1.807, 2.05) is 19.1 Å². The molecule has 0 atom stereocenters. The summed E-state index contributed by atoms with van der Waals surface area (Å²) in [6.45, 7) is 3.51. The van der Waals surface area contributed by atoms with Crippen molar-refractivity contribution in [2.24, 2.45) is 5.73 Å². The summed E-state index contributed by atoms with van der Waals surface area (Å²) in [7, 11) is 0. The number of carbonyl (C=O) groups is 1. The largest absolute Gasteiger partial charge is 0.382 e. The fourth-order valence-corrected chi connectivity index (χ4v) is 2.12. The normalized spacial score (nSPS) is 16.8. The van der Waals surface area contributed by atoms with Gasteiger partial charge in [-0.2, -0.15) is 0 Å². The van der Waals surface area contributed by atoms with Crippen molar-refractivity contribution in [2.75, 3.05) is 18.5 Å². The molecule has 1 aliphatic heterocycles. The summed E-state index contributed by atoms with van der Waals surface area (Å²) < 4.78 is 5.32. The fourth-order valence-electron chi connectivity index (χ4n) is 2.12. The molecule has 1 aliphatic rings. The monoisotopic (exact) mass is 234 g/mol. The lowest BCUT2D eigenvalue weighted by molar-refractivity contribution is 0.0904. The lowest BCUT2D eigenvalue weighted by Gasteiger charge is -2.25. The second-order valence-corrected chi connectivity index (χ2v) is 4.37. The molecule has 0 spiro atoms. The maximum Gasteiger partial charge on any atom is 0.249 e. The Bertz CT molecular complexity index is 412. The number of carbonyl (C=O) groups excluding carboxylic acids is 1. The van der Waals surface area contributed by atoms with Gasteiger partial charge in [-0.1, -0.05) is 6.07 Å². The van der Waals surface area contributed by atoms with E-state index in [0.717, 1.165) is 37.3 Å². The minimum atomic E-state index is -0.377. The van der Waals surface area contributed by atoms with Gasteiger partial charge in [-0.25, -0.2) is 0 Å². The van der Waals surface area contributed by atoms with Crippen LogP contribution in [0.1, 0.15) is 28.8 Å². The highest BCUT2D eigenvalue weighted by molar-refractivity contribution is 5.95. The molecule has 0 radical (unpaired) electrons. The summed E-state index contributed by atoms with van der Waals surface area (Å²) >= 11 is 0. The first-order valence-corrected chi connectivity index (χ1v) is 5.92. The maximum absolute atomic E-state index is 11.2. The fraction of sp³-hybridized carbons (Fsp3) is 0.462. The topological polar surface area (TPSA) is 64.3 Å². The summed E-state index contributed by atoms with van der Waals surface area (Å²) in [4.78, 5) is 11.2. The number of rotatable bonds is 3. The van der Waals surface area contributed by atoms with Crippen LogP contribution in [0, 0.1) is 6.92 Å². The molecular formula is C13H18N2O2. The highest BCUT2D eigenvalue weighted by atomic mass is 16.5. The number of nitrogens with two attached hydrogens (primary N) is 1. The van der Waals surface area contributed by atoms with Crippen LogP contribution in [0.25, 0.3) is 0 Å². The number of nitrogens with one attached hydrogen (secondary N) is 1. The molecule has 4 heteroatoms. The number of hydrogen-bond acceptors (Lipinski definition) is 3. The third-order valence-electron chi connectivity index (χ3n) is 3.18. The third-order valence-corrected chi connectivity index (χ3v) is 3.18. The number of primary amides is 1. The lowest BCUT2D eigenvalue weighted by Crippen LogP contribution is -2.28. The van der Waals surface area contributed by atoms with Crippen molar-refractivity contribution >= 4 is 11.6 Å². The van der Waals surface area contributed by atoms with Crippen LogP contribution in [-0.4, -0.2) is 25.2 Å². The first kappa shape index (κ1) is 11.9. The Morgan fingerprint density at radius 3 is 2.76 bits per heavy atom. The van der Waals surface area contributed by atoms with Crippen LogP contribution in [0.3, 0.4) is 0 Å². The van der Waals surface area contributed by atoms with Gasteiger partial charge >= 0.3 is 0 Å². The molecule has 17 heavy (non-hydrogen) atoms. The van der Waals surface area contributed by atoms with Crippen molar-refractivity contribution < 1.29 is 9.53 Å². The Balaban J connectivity index is 2.15. The predicted molar refractivity (Wildman–Crippen MR) is 67.2 cm³/mol. The van der Waals surface area contributed by atoms with Gasteiger partial charge in [0.1, 0.15) is 0 Å². The zero-order valence-corrected chi connectivity index (χ0v) is 10.0. The van der Waals surface area contributed by atoms with E-state index < -0.39 is 0 Å². The van der Waals surface area contributed by atoms with Crippen LogP contribution in [0.4, 0.5) is 5.69 Å². The number of hydrogen-bond donors (Lipinski definition) is 2. The highest BCUT2D eigenvalue weighted by Gasteiger charge is 2.15. The number of anilines is 1. The van der Waals surface area contributed by atoms with Crippen LogP contribution in [0.5, 0.6) is 0 Å². The lowest BCUT2D eigenvalue weighted by atomic mass is 10.0. The van der Waals surface area contributed by atoms with Crippen molar-refractivity contribution in [1.82, 2.24) is 0 Å². The molecule has 1 amide bonds. The molecule has 1 aromatic carbocycles. The second-order valence-electron chi connectivity index (χ2n) is 4.37. The van der Waals surface area contributed by atoms with E-state index >= 15 is 0 Å². The summed E-state index contributed by atoms with van der Waals surface area (Å²) in [5.41, 5.74) is 7.83. The smallest absolute Gasteiger partial charge is 0.249 e. The van der Waals surface area contributed by atoms with Crippen LogP contribution in [-0.2, 0) is 4.74 Å². The van der Waals surface area contributed by atoms with Gasteiger partial charge in [0.05, 0.1) is 0 Å². The summed E-state index contributed by atoms with van der Waals surface area (Å²) in [5, 5.41) is 3.46. The highest BCUT2D eigenvalue weighted by Crippen LogP contribution is 2.21. The van der Waals surface area contributed by atoms with Crippen molar-refractivity contribution in [2.45, 2.75) is 25.8 Å². The molecule has 4 nitrogen and oxygen atoms in total. The van der Waals surface area contributed by atoms with Crippen molar-refractivity contribution in [3.63, 3.8) is 0 Å². The Labute approximate surface area is 101 Å². The molecule has 0 aromatic heterocycles. The molecule has 1 fully saturated rings. The van der Waals surface area contributed by atoms with E-state index in [0.29, 0.717) is 11.6 Å². The number of benzene rings is 1. The molecule has 0 aliphatic carbocycles. The molecule has 1 saturated heterocycles. The number of ether oxygens (including phenoxy) is 1. The van der Waals surface area contributed by atoms with Crippen LogP contribution in [0.15, 0.2) is 18.2 Å². The first-order chi connectivity index (χ1) is 8.18. The van der Waals surface area contributed by atoms with Crippen LogP contribution < -0.4 is 11.1 Å². The zero-order valence-electron chi connectivity index (χ0n) is 10.0. The van der Waals surface area contributed by atoms with E-state index in [1.54, 1.807) is 6.07 Å². The Kier molecular flexibility index (Phi) is 3.64. The molecular weight excluding hydrogens is 216 g/mol. The van der Waals surface area contributed by atoms with Crippen molar-refractivity contribution in [3.8, 4) is 0 Å².